The average Bonchev–Trinajstić information content (AvgIpc) is 3.02. The van der Waals surface area contributed by atoms with E-state index in [-0.39, 0.29) is 34.6 Å². The van der Waals surface area contributed by atoms with Crippen LogP contribution in [0.3, 0.4) is 0 Å². The van der Waals surface area contributed by atoms with E-state index in [2.05, 4.69) is 4.98 Å². The monoisotopic (exact) mass is 459 g/mol. The quantitative estimate of drug-likeness (QED) is 0.250. The number of ether oxygens (including phenoxy) is 3. The van der Waals surface area contributed by atoms with Crippen molar-refractivity contribution < 1.29 is 33.5 Å². The number of nitrogens with zero attached hydrogens (tertiary/aromatic N) is 3. The standard InChI is InChI=1S/C20H17N3O8S/c1-3-30-17(24)11-22-19(25)16(32-20(22)26)10-12-6-7-14(15(9-12)29-2)31-18-13(23(27)28)5-4-8-21-18/h4-10H,3,11H2,1-2H3/b16-10-. The Labute approximate surface area is 186 Å². The van der Waals surface area contributed by atoms with Crippen molar-refractivity contribution in [3.05, 3.63) is 57.1 Å². The van der Waals surface area contributed by atoms with E-state index in [0.717, 1.165) is 4.90 Å². The summed E-state index contributed by atoms with van der Waals surface area (Å²) in [4.78, 5) is 51.6. The third-order valence-corrected chi connectivity index (χ3v) is 5.01. The summed E-state index contributed by atoms with van der Waals surface area (Å²) in [5.74, 6) is -1.10. The van der Waals surface area contributed by atoms with Crippen LogP contribution in [-0.2, 0) is 14.3 Å². The molecule has 1 aliphatic heterocycles. The molecule has 12 heteroatoms. The first kappa shape index (κ1) is 22.7. The van der Waals surface area contributed by atoms with Gasteiger partial charge in [-0.2, -0.15) is 0 Å². The van der Waals surface area contributed by atoms with Crippen LogP contribution in [0.2, 0.25) is 0 Å². The molecule has 1 saturated heterocycles. The molecule has 3 rings (SSSR count). The van der Waals surface area contributed by atoms with Crippen LogP contribution in [0, 0.1) is 10.1 Å². The number of pyridine rings is 1. The minimum Gasteiger partial charge on any atom is -0.493 e. The van der Waals surface area contributed by atoms with Crippen LogP contribution in [0.25, 0.3) is 6.08 Å². The zero-order valence-electron chi connectivity index (χ0n) is 17.0. The minimum atomic E-state index is -0.678. The highest BCUT2D eigenvalue weighted by Gasteiger charge is 2.36. The van der Waals surface area contributed by atoms with Crippen molar-refractivity contribution in [1.29, 1.82) is 0 Å². The highest BCUT2D eigenvalue weighted by molar-refractivity contribution is 8.18. The van der Waals surface area contributed by atoms with Crippen LogP contribution >= 0.6 is 11.8 Å². The molecule has 2 aromatic rings. The molecule has 0 saturated carbocycles. The lowest BCUT2D eigenvalue weighted by atomic mass is 10.2. The van der Waals surface area contributed by atoms with E-state index in [0.29, 0.717) is 17.3 Å². The Balaban J connectivity index is 1.83. The number of hydrogen-bond acceptors (Lipinski definition) is 10. The lowest BCUT2D eigenvalue weighted by Gasteiger charge is -2.11. The van der Waals surface area contributed by atoms with Gasteiger partial charge in [0.15, 0.2) is 11.5 Å². The molecule has 2 heterocycles. The van der Waals surface area contributed by atoms with Crippen molar-refractivity contribution in [1.82, 2.24) is 9.88 Å². The molecule has 1 aliphatic rings. The van der Waals surface area contributed by atoms with E-state index in [4.69, 9.17) is 14.2 Å². The van der Waals surface area contributed by atoms with Gasteiger partial charge in [0.2, 0.25) is 0 Å². The van der Waals surface area contributed by atoms with Crippen LogP contribution in [0.5, 0.6) is 17.4 Å². The number of aromatic nitrogens is 1. The first-order valence-electron chi connectivity index (χ1n) is 9.20. The molecule has 0 N–H and O–H groups in total. The summed E-state index contributed by atoms with van der Waals surface area (Å²) >= 11 is 0.696. The molecular formula is C20H17N3O8S. The van der Waals surface area contributed by atoms with Crippen molar-refractivity contribution in [3.63, 3.8) is 0 Å². The average molecular weight is 459 g/mol. The second kappa shape index (κ2) is 9.92. The second-order valence-electron chi connectivity index (χ2n) is 6.17. The summed E-state index contributed by atoms with van der Waals surface area (Å²) in [5, 5.41) is 10.6. The van der Waals surface area contributed by atoms with E-state index in [1.807, 2.05) is 0 Å². The van der Waals surface area contributed by atoms with Gasteiger partial charge in [0.05, 0.1) is 23.5 Å². The molecule has 1 aromatic carbocycles. The smallest absolute Gasteiger partial charge is 0.331 e. The number of nitro groups is 1. The number of carbonyl (C=O) groups excluding carboxylic acids is 3. The highest BCUT2D eigenvalue weighted by Crippen LogP contribution is 2.37. The Hall–Kier alpha value is -3.93. The maximum Gasteiger partial charge on any atom is 0.331 e. The fraction of sp³-hybridized carbons (Fsp3) is 0.200. The summed E-state index contributed by atoms with van der Waals surface area (Å²) in [6.07, 6.45) is 2.82. The Bertz CT molecular complexity index is 1120. The zero-order chi connectivity index (χ0) is 23.3. The van der Waals surface area contributed by atoms with E-state index in [1.165, 1.54) is 43.6 Å². The van der Waals surface area contributed by atoms with E-state index >= 15 is 0 Å². The molecule has 0 aliphatic carbocycles. The molecule has 0 radical (unpaired) electrons. The van der Waals surface area contributed by atoms with Crippen molar-refractivity contribution in [2.24, 2.45) is 0 Å². The van der Waals surface area contributed by atoms with Crippen LogP contribution < -0.4 is 9.47 Å². The van der Waals surface area contributed by atoms with Gasteiger partial charge in [-0.15, -0.1) is 0 Å². The fourth-order valence-corrected chi connectivity index (χ4v) is 3.52. The van der Waals surface area contributed by atoms with Gasteiger partial charge in [-0.05, 0) is 48.5 Å². The predicted molar refractivity (Wildman–Crippen MR) is 113 cm³/mol. The van der Waals surface area contributed by atoms with Gasteiger partial charge >= 0.3 is 11.7 Å². The third kappa shape index (κ3) is 5.03. The zero-order valence-corrected chi connectivity index (χ0v) is 17.8. The molecule has 1 aromatic heterocycles. The normalized spacial score (nSPS) is 14.6. The third-order valence-electron chi connectivity index (χ3n) is 4.11. The lowest BCUT2D eigenvalue weighted by Crippen LogP contribution is -2.34. The van der Waals surface area contributed by atoms with Gasteiger partial charge in [0.1, 0.15) is 6.54 Å². The van der Waals surface area contributed by atoms with E-state index in [1.54, 1.807) is 13.0 Å². The van der Waals surface area contributed by atoms with E-state index in [9.17, 15) is 24.5 Å². The molecule has 166 valence electrons. The van der Waals surface area contributed by atoms with Gasteiger partial charge in [0, 0.05) is 12.3 Å². The van der Waals surface area contributed by atoms with Crippen LogP contribution in [-0.4, -0.2) is 52.2 Å². The number of benzene rings is 1. The molecule has 2 amide bonds. The van der Waals surface area contributed by atoms with E-state index < -0.39 is 28.6 Å². The van der Waals surface area contributed by atoms with Gasteiger partial charge in [-0.3, -0.25) is 29.4 Å². The first-order valence-corrected chi connectivity index (χ1v) is 10.0. The molecule has 0 atom stereocenters. The minimum absolute atomic E-state index is 0.121. The van der Waals surface area contributed by atoms with Gasteiger partial charge in [0.25, 0.3) is 17.0 Å². The number of hydrogen-bond donors (Lipinski definition) is 0. The maximum absolute atomic E-state index is 12.5. The predicted octanol–water partition coefficient (Wildman–Crippen LogP) is 3.39. The summed E-state index contributed by atoms with van der Waals surface area (Å²) in [6.45, 7) is 1.30. The molecule has 11 nitrogen and oxygen atoms in total. The summed E-state index contributed by atoms with van der Waals surface area (Å²) in [6, 6.07) is 7.28. The van der Waals surface area contributed by atoms with Crippen LogP contribution in [0.4, 0.5) is 10.5 Å². The Kier molecular flexibility index (Phi) is 7.05. The van der Waals surface area contributed by atoms with Crippen molar-refractivity contribution in [3.8, 4) is 17.4 Å². The van der Waals surface area contributed by atoms with Crippen LogP contribution in [0.15, 0.2) is 41.4 Å². The molecule has 0 bridgehead atoms. The summed E-state index contributed by atoms with van der Waals surface area (Å²) < 4.78 is 15.6. The summed E-state index contributed by atoms with van der Waals surface area (Å²) in [5.41, 5.74) is 0.195. The van der Waals surface area contributed by atoms with Crippen molar-refractivity contribution in [2.75, 3.05) is 20.3 Å². The number of carbonyl (C=O) groups is 3. The number of amides is 2. The first-order chi connectivity index (χ1) is 15.3. The lowest BCUT2D eigenvalue weighted by molar-refractivity contribution is -0.386. The van der Waals surface area contributed by atoms with Gasteiger partial charge in [-0.25, -0.2) is 4.98 Å². The number of esters is 1. The molecular weight excluding hydrogens is 442 g/mol. The number of rotatable bonds is 8. The largest absolute Gasteiger partial charge is 0.493 e. The Morgan fingerprint density at radius 3 is 2.75 bits per heavy atom. The molecule has 0 spiro atoms. The van der Waals surface area contributed by atoms with Gasteiger partial charge in [-0.1, -0.05) is 6.07 Å². The molecule has 1 fully saturated rings. The molecule has 32 heavy (non-hydrogen) atoms. The second-order valence-corrected chi connectivity index (χ2v) is 7.16. The Morgan fingerprint density at radius 1 is 1.28 bits per heavy atom. The number of methoxy groups -OCH3 is 1. The SMILES string of the molecule is CCOC(=O)CN1C(=O)S/C(=C\c2ccc(Oc3ncccc3[N+](=O)[O-])c(OC)c2)C1=O. The number of imide groups is 1. The summed E-state index contributed by atoms with van der Waals surface area (Å²) in [7, 11) is 1.38. The van der Waals surface area contributed by atoms with Crippen LogP contribution in [0.1, 0.15) is 12.5 Å². The molecule has 0 unspecified atom stereocenters. The Morgan fingerprint density at radius 2 is 2.06 bits per heavy atom. The maximum atomic E-state index is 12.5. The van der Waals surface area contributed by atoms with Crippen molar-refractivity contribution in [2.45, 2.75) is 6.92 Å². The number of thioether (sulfide) groups is 1. The van der Waals surface area contributed by atoms with Gasteiger partial charge < -0.3 is 14.2 Å². The highest BCUT2D eigenvalue weighted by atomic mass is 32.2. The topological polar surface area (TPSA) is 138 Å². The van der Waals surface area contributed by atoms with Crippen molar-refractivity contribution >= 4 is 40.6 Å². The fourth-order valence-electron chi connectivity index (χ4n) is 2.69.